The number of tetrazole rings is 1. The van der Waals surface area contributed by atoms with Crippen molar-refractivity contribution < 1.29 is 4.79 Å². The number of hydrogen-bond donors (Lipinski definition) is 2. The lowest BCUT2D eigenvalue weighted by Crippen LogP contribution is -2.19. The van der Waals surface area contributed by atoms with Gasteiger partial charge < -0.3 is 5.32 Å². The number of nitrogens with zero attached hydrogens (tertiary/aromatic N) is 3. The van der Waals surface area contributed by atoms with Crippen LogP contribution in [0.15, 0.2) is 89.8 Å². The summed E-state index contributed by atoms with van der Waals surface area (Å²) < 4.78 is 0. The maximum Gasteiger partial charge on any atom is 0.242 e. The van der Waals surface area contributed by atoms with Crippen LogP contribution in [0.1, 0.15) is 10.8 Å². The molecule has 2 N–H and O–H groups in total. The van der Waals surface area contributed by atoms with Crippen LogP contribution in [0, 0.1) is 0 Å². The molecular weight excluding hydrogens is 370 g/mol. The van der Waals surface area contributed by atoms with Crippen molar-refractivity contribution >= 4 is 23.4 Å². The maximum absolute atomic E-state index is 13.1. The van der Waals surface area contributed by atoms with Crippen LogP contribution in [0.25, 0.3) is 11.4 Å². The monoisotopic (exact) mass is 387 g/mol. The van der Waals surface area contributed by atoms with Gasteiger partial charge in [0.15, 0.2) is 0 Å². The number of anilines is 1. The molecule has 0 aliphatic rings. The molecule has 0 aliphatic carbocycles. The average Bonchev–Trinajstić information content (AvgIpc) is 3.28. The van der Waals surface area contributed by atoms with Gasteiger partial charge in [-0.3, -0.25) is 4.79 Å². The van der Waals surface area contributed by atoms with E-state index in [1.807, 2.05) is 84.9 Å². The first-order chi connectivity index (χ1) is 13.8. The smallest absolute Gasteiger partial charge is 0.242 e. The van der Waals surface area contributed by atoms with Crippen molar-refractivity contribution in [2.75, 3.05) is 5.32 Å². The second-order valence-electron chi connectivity index (χ2n) is 6.03. The van der Waals surface area contributed by atoms with E-state index in [4.69, 9.17) is 0 Å². The Bertz CT molecular complexity index is 1040. The molecule has 28 heavy (non-hydrogen) atoms. The highest BCUT2D eigenvalue weighted by Crippen LogP contribution is 2.36. The van der Waals surface area contributed by atoms with E-state index >= 15 is 0 Å². The number of benzene rings is 3. The second-order valence-corrected chi connectivity index (χ2v) is 7.21. The molecule has 0 radical (unpaired) electrons. The summed E-state index contributed by atoms with van der Waals surface area (Å²) in [4.78, 5) is 14.2. The van der Waals surface area contributed by atoms with E-state index in [1.165, 1.54) is 11.8 Å². The molecule has 6 nitrogen and oxygen atoms in total. The molecule has 0 fully saturated rings. The molecule has 1 heterocycles. The van der Waals surface area contributed by atoms with Gasteiger partial charge >= 0.3 is 0 Å². The number of rotatable bonds is 6. The number of thioether (sulfide) groups is 1. The van der Waals surface area contributed by atoms with Crippen molar-refractivity contribution in [2.45, 2.75) is 10.1 Å². The number of hydrogen-bond acceptors (Lipinski definition) is 5. The van der Waals surface area contributed by atoms with E-state index in [0.717, 1.165) is 16.0 Å². The molecule has 0 saturated heterocycles. The first-order valence-corrected chi connectivity index (χ1v) is 9.59. The minimum Gasteiger partial charge on any atom is -0.325 e. The normalized spacial score (nSPS) is 11.7. The highest BCUT2D eigenvalue weighted by Gasteiger charge is 2.22. The predicted octanol–water partition coefficient (Wildman–Crippen LogP) is 4.34. The fourth-order valence-corrected chi connectivity index (χ4v) is 3.81. The number of amides is 1. The molecule has 0 unspecified atom stereocenters. The molecule has 4 rings (SSSR count). The van der Waals surface area contributed by atoms with Gasteiger partial charge in [0.2, 0.25) is 11.7 Å². The van der Waals surface area contributed by atoms with Crippen LogP contribution in [-0.4, -0.2) is 26.5 Å². The van der Waals surface area contributed by atoms with Gasteiger partial charge in [0.25, 0.3) is 0 Å². The highest BCUT2D eigenvalue weighted by atomic mass is 32.2. The molecule has 3 aromatic carbocycles. The minimum absolute atomic E-state index is 0.0923. The molecule has 0 saturated carbocycles. The lowest BCUT2D eigenvalue weighted by molar-refractivity contribution is -0.115. The van der Waals surface area contributed by atoms with E-state index in [-0.39, 0.29) is 11.2 Å². The first kappa shape index (κ1) is 17.9. The summed E-state index contributed by atoms with van der Waals surface area (Å²) in [7, 11) is 0. The quantitative estimate of drug-likeness (QED) is 0.481. The summed E-state index contributed by atoms with van der Waals surface area (Å²) in [5, 5.41) is 16.6. The van der Waals surface area contributed by atoms with Gasteiger partial charge in [-0.2, -0.15) is 5.21 Å². The maximum atomic E-state index is 13.1. The topological polar surface area (TPSA) is 83.6 Å². The summed E-state index contributed by atoms with van der Waals surface area (Å²) in [5.74, 6) is 0.389. The largest absolute Gasteiger partial charge is 0.325 e. The SMILES string of the molecule is O=C(Nc1cccc(-c2nn[nH]n2)c1)[C@H](Sc1ccccc1)c1ccccc1. The minimum atomic E-state index is -0.377. The summed E-state index contributed by atoms with van der Waals surface area (Å²) in [6.45, 7) is 0. The second kappa shape index (κ2) is 8.49. The van der Waals surface area contributed by atoms with Crippen molar-refractivity contribution in [3.63, 3.8) is 0 Å². The predicted molar refractivity (Wildman–Crippen MR) is 110 cm³/mol. The van der Waals surface area contributed by atoms with Crippen molar-refractivity contribution in [3.8, 4) is 11.4 Å². The standard InChI is InChI=1S/C21H17N5OS/c27-21(22-17-11-7-10-16(14-17)20-23-25-26-24-20)19(15-8-3-1-4-9-15)28-18-12-5-2-6-13-18/h1-14,19H,(H,22,27)(H,23,24,25,26)/t19-/m1/s1. The zero-order valence-electron chi connectivity index (χ0n) is 14.8. The van der Waals surface area contributed by atoms with Crippen LogP contribution >= 0.6 is 11.8 Å². The van der Waals surface area contributed by atoms with Gasteiger partial charge in [-0.25, -0.2) is 0 Å². The Labute approximate surface area is 166 Å². The number of aromatic amines is 1. The van der Waals surface area contributed by atoms with Crippen molar-refractivity contribution in [2.24, 2.45) is 0 Å². The Balaban J connectivity index is 1.58. The highest BCUT2D eigenvalue weighted by molar-refractivity contribution is 8.00. The summed E-state index contributed by atoms with van der Waals surface area (Å²) >= 11 is 1.52. The number of H-pyrrole nitrogens is 1. The molecule has 0 bridgehead atoms. The molecule has 1 atom stereocenters. The summed E-state index contributed by atoms with van der Waals surface area (Å²) in [6, 6.07) is 27.1. The first-order valence-electron chi connectivity index (χ1n) is 8.71. The van der Waals surface area contributed by atoms with E-state index in [0.29, 0.717) is 11.5 Å². The number of nitrogens with one attached hydrogen (secondary N) is 2. The zero-order valence-corrected chi connectivity index (χ0v) is 15.6. The van der Waals surface area contributed by atoms with Gasteiger partial charge in [-0.15, -0.1) is 22.0 Å². The third-order valence-corrected chi connectivity index (χ3v) is 5.34. The zero-order chi connectivity index (χ0) is 19.2. The van der Waals surface area contributed by atoms with Crippen LogP contribution in [0.2, 0.25) is 0 Å². The van der Waals surface area contributed by atoms with Crippen LogP contribution in [0.3, 0.4) is 0 Å². The number of aromatic nitrogens is 4. The van der Waals surface area contributed by atoms with Gasteiger partial charge in [-0.05, 0) is 35.0 Å². The molecule has 138 valence electrons. The van der Waals surface area contributed by atoms with E-state index in [2.05, 4.69) is 25.9 Å². The van der Waals surface area contributed by atoms with E-state index < -0.39 is 0 Å². The molecule has 7 heteroatoms. The molecular formula is C21H17N5OS. The molecule has 1 amide bonds. The lowest BCUT2D eigenvalue weighted by Gasteiger charge is -2.17. The summed E-state index contributed by atoms with van der Waals surface area (Å²) in [6.07, 6.45) is 0. The molecule has 1 aromatic heterocycles. The molecule has 0 spiro atoms. The van der Waals surface area contributed by atoms with Crippen LogP contribution < -0.4 is 5.32 Å². The van der Waals surface area contributed by atoms with Crippen LogP contribution in [0.5, 0.6) is 0 Å². The Kier molecular flexibility index (Phi) is 5.44. The Morgan fingerprint density at radius 3 is 2.39 bits per heavy atom. The van der Waals surface area contributed by atoms with Gasteiger partial charge in [0, 0.05) is 16.1 Å². The van der Waals surface area contributed by atoms with Crippen molar-refractivity contribution in [3.05, 3.63) is 90.5 Å². The van der Waals surface area contributed by atoms with E-state index in [9.17, 15) is 4.79 Å². The van der Waals surface area contributed by atoms with E-state index in [1.54, 1.807) is 0 Å². The third kappa shape index (κ3) is 4.27. The summed E-state index contributed by atoms with van der Waals surface area (Å²) in [5.41, 5.74) is 2.41. The fourth-order valence-electron chi connectivity index (χ4n) is 2.76. The van der Waals surface area contributed by atoms with Crippen molar-refractivity contribution in [1.82, 2.24) is 20.6 Å². The molecule has 4 aromatic rings. The third-order valence-electron chi connectivity index (χ3n) is 4.07. The van der Waals surface area contributed by atoms with Gasteiger partial charge in [0.05, 0.1) is 0 Å². The van der Waals surface area contributed by atoms with Crippen LogP contribution in [0.4, 0.5) is 5.69 Å². The van der Waals surface area contributed by atoms with Gasteiger partial charge in [0.1, 0.15) is 5.25 Å². The fraction of sp³-hybridized carbons (Fsp3) is 0.0476. The number of carbonyl (C=O) groups excluding carboxylic acids is 1. The Morgan fingerprint density at radius 2 is 1.68 bits per heavy atom. The molecule has 0 aliphatic heterocycles. The Morgan fingerprint density at radius 1 is 0.929 bits per heavy atom. The van der Waals surface area contributed by atoms with Crippen molar-refractivity contribution in [1.29, 1.82) is 0 Å². The van der Waals surface area contributed by atoms with Crippen LogP contribution in [-0.2, 0) is 4.79 Å². The number of carbonyl (C=O) groups is 1. The average molecular weight is 387 g/mol. The Hall–Kier alpha value is -3.45. The lowest BCUT2D eigenvalue weighted by atomic mass is 10.1. The van der Waals surface area contributed by atoms with Gasteiger partial charge in [-0.1, -0.05) is 60.7 Å².